The predicted molar refractivity (Wildman–Crippen MR) is 120 cm³/mol. The first kappa shape index (κ1) is 23.3. The van der Waals surface area contributed by atoms with Gasteiger partial charge in [-0.3, -0.25) is 14.5 Å². The normalized spacial score (nSPS) is 19.4. The maximum absolute atomic E-state index is 12.9. The number of ether oxygens (including phenoxy) is 1. The van der Waals surface area contributed by atoms with Crippen LogP contribution in [0.15, 0.2) is 72.2 Å². The van der Waals surface area contributed by atoms with Gasteiger partial charge in [-0.15, -0.1) is 0 Å². The van der Waals surface area contributed by atoms with Crippen LogP contribution in [-0.4, -0.2) is 56.0 Å². The molecule has 0 saturated carbocycles. The third-order valence-electron chi connectivity index (χ3n) is 5.31. The van der Waals surface area contributed by atoms with Gasteiger partial charge in [0.15, 0.2) is 5.70 Å². The van der Waals surface area contributed by atoms with Crippen molar-refractivity contribution in [3.05, 3.63) is 83.4 Å². The molecule has 1 fully saturated rings. The number of rotatable bonds is 8. The molecule has 178 valence electrons. The van der Waals surface area contributed by atoms with Gasteiger partial charge in [0.2, 0.25) is 11.8 Å². The zero-order chi connectivity index (χ0) is 24.3. The van der Waals surface area contributed by atoms with Gasteiger partial charge in [0.25, 0.3) is 5.91 Å². The molecule has 0 radical (unpaired) electrons. The van der Waals surface area contributed by atoms with Gasteiger partial charge >= 0.3 is 16.1 Å². The Bertz CT molecular complexity index is 1230. The molecule has 2 amide bonds. The Morgan fingerprint density at radius 2 is 1.68 bits per heavy atom. The Kier molecular flexibility index (Phi) is 6.55. The zero-order valence-electron chi connectivity index (χ0n) is 18.3. The predicted octanol–water partition coefficient (Wildman–Crippen LogP) is 0.417. The van der Waals surface area contributed by atoms with E-state index in [9.17, 15) is 22.8 Å². The number of nitrogens with one attached hydrogen (secondary N) is 2. The molecule has 2 aromatic carbocycles. The summed E-state index contributed by atoms with van der Waals surface area (Å²) in [6.07, 6.45) is 0.917. The monoisotopic (exact) mass is 485 g/mol. The molecule has 4 rings (SSSR count). The van der Waals surface area contributed by atoms with Gasteiger partial charge in [0.05, 0.1) is 18.7 Å². The number of fused-ring (bicyclic) bond motifs is 1. The minimum absolute atomic E-state index is 0.0718. The molecular weight excluding hydrogens is 462 g/mol. The molecule has 11 heteroatoms. The van der Waals surface area contributed by atoms with E-state index in [4.69, 9.17) is 8.92 Å². The highest BCUT2D eigenvalue weighted by atomic mass is 32.2. The summed E-state index contributed by atoms with van der Waals surface area (Å²) < 4.78 is 33.7. The molecule has 2 aliphatic heterocycles. The van der Waals surface area contributed by atoms with E-state index in [1.807, 2.05) is 24.3 Å². The number of carbonyl (C=O) groups is 3. The van der Waals surface area contributed by atoms with E-state index < -0.39 is 34.1 Å². The van der Waals surface area contributed by atoms with Crippen LogP contribution in [0.5, 0.6) is 0 Å². The van der Waals surface area contributed by atoms with Crippen LogP contribution >= 0.6 is 0 Å². The lowest BCUT2D eigenvalue weighted by molar-refractivity contribution is -0.158. The fourth-order valence-electron chi connectivity index (χ4n) is 3.79. The summed E-state index contributed by atoms with van der Waals surface area (Å²) in [7, 11) is -3.99. The van der Waals surface area contributed by atoms with E-state index in [0.717, 1.165) is 16.7 Å². The molecule has 0 aliphatic carbocycles. The number of nitrogens with zero attached hydrogens (tertiary/aromatic N) is 1. The van der Waals surface area contributed by atoms with Crippen molar-refractivity contribution >= 4 is 27.9 Å². The maximum atomic E-state index is 12.9. The molecule has 2 aromatic rings. The lowest BCUT2D eigenvalue weighted by atomic mass is 9.91. The highest BCUT2D eigenvalue weighted by molar-refractivity contribution is 7.86. The Morgan fingerprint density at radius 3 is 2.29 bits per heavy atom. The molecule has 0 spiro atoms. The van der Waals surface area contributed by atoms with Crippen LogP contribution in [0.25, 0.3) is 0 Å². The van der Waals surface area contributed by atoms with Gasteiger partial charge in [-0.2, -0.15) is 8.42 Å². The molecule has 2 atom stereocenters. The van der Waals surface area contributed by atoms with Crippen molar-refractivity contribution in [2.24, 2.45) is 0 Å². The summed E-state index contributed by atoms with van der Waals surface area (Å²) in [5.74, 6) is -2.23. The molecule has 0 aromatic heterocycles. The number of hydrogen-bond donors (Lipinski definition) is 2. The molecule has 2 aliphatic rings. The van der Waals surface area contributed by atoms with Gasteiger partial charge in [-0.05, 0) is 11.1 Å². The maximum Gasteiger partial charge on any atom is 0.361 e. The lowest BCUT2D eigenvalue weighted by Crippen LogP contribution is -2.75. The van der Waals surface area contributed by atoms with Crippen molar-refractivity contribution in [2.45, 2.75) is 25.1 Å². The first-order valence-electron chi connectivity index (χ1n) is 10.5. The first-order valence-corrected chi connectivity index (χ1v) is 12.3. The summed E-state index contributed by atoms with van der Waals surface area (Å²) in [6, 6.07) is 16.5. The van der Waals surface area contributed by atoms with E-state index in [-0.39, 0.29) is 37.1 Å². The van der Waals surface area contributed by atoms with Crippen molar-refractivity contribution in [1.29, 1.82) is 0 Å². The van der Waals surface area contributed by atoms with Gasteiger partial charge < -0.3 is 19.6 Å². The molecular formula is C23H23N3O7S. The summed E-state index contributed by atoms with van der Waals surface area (Å²) in [4.78, 5) is 39.4. The molecule has 10 nitrogen and oxygen atoms in total. The van der Waals surface area contributed by atoms with E-state index >= 15 is 0 Å². The summed E-state index contributed by atoms with van der Waals surface area (Å²) in [6.45, 7) is -0.0123. The summed E-state index contributed by atoms with van der Waals surface area (Å²) >= 11 is 0. The minimum Gasteiger partial charge on any atom is -0.456 e. The number of benzene rings is 2. The fourth-order valence-corrected chi connectivity index (χ4v) is 4.23. The molecule has 2 heterocycles. The summed E-state index contributed by atoms with van der Waals surface area (Å²) in [5.41, 5.74) is 1.15. The third kappa shape index (κ3) is 5.20. The van der Waals surface area contributed by atoms with Crippen LogP contribution in [0, 0.1) is 0 Å². The number of carbonyl (C=O) groups excluding carboxylic acids is 3. The zero-order valence-corrected chi connectivity index (χ0v) is 19.1. The Hall–Kier alpha value is -3.86. The van der Waals surface area contributed by atoms with E-state index in [2.05, 4.69) is 10.6 Å². The van der Waals surface area contributed by atoms with Crippen molar-refractivity contribution in [2.75, 3.05) is 12.8 Å². The Balaban J connectivity index is 1.50. The quantitative estimate of drug-likeness (QED) is 0.312. The number of β-lactam (4-membered cyclic amide) rings is 1. The van der Waals surface area contributed by atoms with Gasteiger partial charge in [-0.1, -0.05) is 60.7 Å². The standard InChI is InChI=1S/C23H23N3O7S/c1-34(30,31)33-21-20(23(29)32-14-16-10-6-3-7-11-16)26-17(13-24-21)19(22(26)28)25-18(27)12-15-8-4-2-5-9-15/h2-11,17,19,24H,12-14H2,1H3,(H,25,27)/t17-,19+/m1/s1. The average Bonchev–Trinajstić information content (AvgIpc) is 2.81. The van der Waals surface area contributed by atoms with E-state index in [1.165, 1.54) is 0 Å². The molecule has 1 saturated heterocycles. The highest BCUT2D eigenvalue weighted by Crippen LogP contribution is 2.31. The number of esters is 1. The minimum atomic E-state index is -3.99. The van der Waals surface area contributed by atoms with Crippen molar-refractivity contribution in [3.63, 3.8) is 0 Å². The molecule has 0 bridgehead atoms. The van der Waals surface area contributed by atoms with Crippen LogP contribution in [0.1, 0.15) is 11.1 Å². The number of amides is 2. The summed E-state index contributed by atoms with van der Waals surface area (Å²) in [5, 5.41) is 5.43. The SMILES string of the molecule is CS(=O)(=O)OC1=C(C(=O)OCc2ccccc2)N2C(=O)[C@@H](NC(=O)Cc3ccccc3)[C@H]2CN1. The van der Waals surface area contributed by atoms with Crippen LogP contribution < -0.4 is 10.6 Å². The smallest absolute Gasteiger partial charge is 0.361 e. The second kappa shape index (κ2) is 9.56. The Morgan fingerprint density at radius 1 is 1.06 bits per heavy atom. The second-order valence-corrected chi connectivity index (χ2v) is 9.47. The van der Waals surface area contributed by atoms with Gasteiger partial charge in [0.1, 0.15) is 12.6 Å². The van der Waals surface area contributed by atoms with Crippen molar-refractivity contribution < 1.29 is 31.7 Å². The van der Waals surface area contributed by atoms with Crippen LogP contribution in [-0.2, 0) is 46.4 Å². The van der Waals surface area contributed by atoms with E-state index in [1.54, 1.807) is 36.4 Å². The van der Waals surface area contributed by atoms with Crippen LogP contribution in [0.3, 0.4) is 0 Å². The topological polar surface area (TPSA) is 131 Å². The molecule has 0 unspecified atom stereocenters. The van der Waals surface area contributed by atoms with Crippen LogP contribution in [0.2, 0.25) is 0 Å². The van der Waals surface area contributed by atoms with Crippen molar-refractivity contribution in [3.8, 4) is 0 Å². The molecule has 34 heavy (non-hydrogen) atoms. The van der Waals surface area contributed by atoms with E-state index in [0.29, 0.717) is 5.56 Å². The van der Waals surface area contributed by atoms with Crippen molar-refractivity contribution in [1.82, 2.24) is 15.5 Å². The largest absolute Gasteiger partial charge is 0.456 e. The fraction of sp³-hybridized carbons (Fsp3) is 0.261. The third-order valence-corrected chi connectivity index (χ3v) is 5.78. The highest BCUT2D eigenvalue weighted by Gasteiger charge is 2.55. The first-order chi connectivity index (χ1) is 16.2. The average molecular weight is 486 g/mol. The second-order valence-electron chi connectivity index (χ2n) is 7.89. The van der Waals surface area contributed by atoms with Crippen LogP contribution in [0.4, 0.5) is 0 Å². The Labute approximate surface area is 196 Å². The number of hydrogen-bond acceptors (Lipinski definition) is 8. The van der Waals surface area contributed by atoms with Gasteiger partial charge in [-0.25, -0.2) is 4.79 Å². The molecule has 2 N–H and O–H groups in total. The van der Waals surface area contributed by atoms with Gasteiger partial charge in [0, 0.05) is 6.54 Å². The lowest BCUT2D eigenvalue weighted by Gasteiger charge is -2.49.